The van der Waals surface area contributed by atoms with Gasteiger partial charge in [-0.1, -0.05) is 35.3 Å². The summed E-state index contributed by atoms with van der Waals surface area (Å²) < 4.78 is 0. The molecule has 0 amide bonds. The second-order valence-corrected chi connectivity index (χ2v) is 4.41. The van der Waals surface area contributed by atoms with Crippen molar-refractivity contribution in [2.45, 2.75) is 0 Å². The van der Waals surface area contributed by atoms with Gasteiger partial charge in [0.2, 0.25) is 0 Å². The smallest absolute Gasteiger partial charge is 0.0497 e. The molecule has 0 aliphatic heterocycles. The Morgan fingerprint density at radius 3 is 2.62 bits per heavy atom. The molecule has 0 atom stereocenters. The van der Waals surface area contributed by atoms with Crippen LogP contribution >= 0.6 is 23.2 Å². The molecule has 0 aliphatic rings. The Morgan fingerprint density at radius 2 is 1.75 bits per heavy atom. The van der Waals surface area contributed by atoms with Crippen LogP contribution in [-0.2, 0) is 0 Å². The normalized spacial score (nSPS) is 11.1. The van der Waals surface area contributed by atoms with Crippen molar-refractivity contribution in [3.05, 3.63) is 58.6 Å². The Bertz CT molecular complexity index is 687. The van der Waals surface area contributed by atoms with Gasteiger partial charge >= 0.3 is 0 Å². The molecular formula is C14H6Cl2. The molecule has 2 heteroatoms. The zero-order valence-corrected chi connectivity index (χ0v) is 9.73. The lowest BCUT2D eigenvalue weighted by Gasteiger charge is -2.07. The van der Waals surface area contributed by atoms with E-state index < -0.39 is 0 Å². The average molecular weight is 245 g/mol. The van der Waals surface area contributed by atoms with Crippen molar-refractivity contribution in [1.29, 1.82) is 0 Å². The highest BCUT2D eigenvalue weighted by atomic mass is 35.5. The summed E-state index contributed by atoms with van der Waals surface area (Å²) in [4.78, 5) is 0. The van der Waals surface area contributed by atoms with Crippen LogP contribution in [0.2, 0.25) is 10.0 Å². The molecule has 0 heterocycles. The first-order valence-electron chi connectivity index (χ1n) is 4.85. The molecular weight excluding hydrogens is 239 g/mol. The predicted molar refractivity (Wildman–Crippen MR) is 69.1 cm³/mol. The molecule has 0 aromatic heterocycles. The number of fused-ring (bicyclic) bond motifs is 3. The van der Waals surface area contributed by atoms with Crippen molar-refractivity contribution >= 4 is 44.7 Å². The van der Waals surface area contributed by atoms with E-state index in [0.717, 1.165) is 21.5 Å². The molecule has 3 aromatic carbocycles. The van der Waals surface area contributed by atoms with E-state index in [1.165, 1.54) is 0 Å². The molecule has 0 nitrogen and oxygen atoms in total. The summed E-state index contributed by atoms with van der Waals surface area (Å²) in [5.74, 6) is 0. The van der Waals surface area contributed by atoms with Crippen LogP contribution in [0.1, 0.15) is 0 Å². The minimum atomic E-state index is 0.677. The first-order valence-corrected chi connectivity index (χ1v) is 5.60. The Balaban J connectivity index is 2.67. The molecule has 3 aromatic rings. The zero-order chi connectivity index (χ0) is 11.1. The predicted octanol–water partition coefficient (Wildman–Crippen LogP) is 4.90. The summed E-state index contributed by atoms with van der Waals surface area (Å²) >= 11 is 12.4. The van der Waals surface area contributed by atoms with Crippen molar-refractivity contribution in [2.75, 3.05) is 0 Å². The number of hydrogen-bond donors (Lipinski definition) is 0. The molecule has 0 saturated heterocycles. The highest BCUT2D eigenvalue weighted by Crippen LogP contribution is 2.35. The number of halogens is 2. The van der Waals surface area contributed by atoms with Crippen molar-refractivity contribution in [2.24, 2.45) is 0 Å². The highest BCUT2D eigenvalue weighted by Gasteiger charge is 2.07. The van der Waals surface area contributed by atoms with Crippen LogP contribution in [-0.4, -0.2) is 0 Å². The van der Waals surface area contributed by atoms with Gasteiger partial charge in [0.1, 0.15) is 0 Å². The quantitative estimate of drug-likeness (QED) is 0.494. The SMILES string of the molecule is Clc1cc2c[c]ccc2c2c(Cl)c[c]cc12. The van der Waals surface area contributed by atoms with Crippen LogP contribution in [0.15, 0.2) is 36.4 Å². The fourth-order valence-electron chi connectivity index (χ4n) is 1.94. The first-order chi connectivity index (χ1) is 7.77. The van der Waals surface area contributed by atoms with Gasteiger partial charge in [-0.25, -0.2) is 0 Å². The molecule has 0 N–H and O–H groups in total. The Morgan fingerprint density at radius 1 is 0.875 bits per heavy atom. The summed E-state index contributed by atoms with van der Waals surface area (Å²) in [7, 11) is 0. The maximum absolute atomic E-state index is 6.22. The molecule has 0 spiro atoms. The van der Waals surface area contributed by atoms with Gasteiger partial charge in [-0.15, -0.1) is 0 Å². The number of hydrogen-bond acceptors (Lipinski definition) is 0. The third-order valence-corrected chi connectivity index (χ3v) is 3.26. The van der Waals surface area contributed by atoms with E-state index in [1.807, 2.05) is 30.3 Å². The van der Waals surface area contributed by atoms with Crippen LogP contribution in [0, 0.1) is 12.1 Å². The van der Waals surface area contributed by atoms with Crippen LogP contribution in [0.25, 0.3) is 21.5 Å². The molecule has 16 heavy (non-hydrogen) atoms. The van der Waals surface area contributed by atoms with Gasteiger partial charge in [0.15, 0.2) is 0 Å². The standard InChI is InChI=1S/C14H6Cl2/c15-12-7-3-6-11-13(16)8-9-4-1-2-5-10(9)14(11)12/h2,4-8H. The van der Waals surface area contributed by atoms with Gasteiger partial charge in [-0.2, -0.15) is 0 Å². The molecule has 0 aliphatic carbocycles. The van der Waals surface area contributed by atoms with Crippen molar-refractivity contribution in [3.63, 3.8) is 0 Å². The monoisotopic (exact) mass is 244 g/mol. The van der Waals surface area contributed by atoms with Gasteiger partial charge < -0.3 is 0 Å². The van der Waals surface area contributed by atoms with E-state index in [0.29, 0.717) is 10.0 Å². The lowest BCUT2D eigenvalue weighted by Crippen LogP contribution is -1.80. The van der Waals surface area contributed by atoms with E-state index in [1.54, 1.807) is 6.07 Å². The van der Waals surface area contributed by atoms with Gasteiger partial charge in [0.05, 0.1) is 0 Å². The summed E-state index contributed by atoms with van der Waals surface area (Å²) in [5.41, 5.74) is 0. The van der Waals surface area contributed by atoms with E-state index in [4.69, 9.17) is 23.2 Å². The van der Waals surface area contributed by atoms with Crippen molar-refractivity contribution < 1.29 is 0 Å². The topological polar surface area (TPSA) is 0 Å². The summed E-state index contributed by atoms with van der Waals surface area (Å²) in [6.45, 7) is 0. The van der Waals surface area contributed by atoms with Gasteiger partial charge in [0, 0.05) is 20.8 Å². The maximum Gasteiger partial charge on any atom is 0.0497 e. The van der Waals surface area contributed by atoms with E-state index in [2.05, 4.69) is 12.1 Å². The third kappa shape index (κ3) is 1.38. The molecule has 0 bridgehead atoms. The summed E-state index contributed by atoms with van der Waals surface area (Å²) in [6.07, 6.45) is 0. The summed E-state index contributed by atoms with van der Waals surface area (Å²) in [6, 6.07) is 17.4. The van der Waals surface area contributed by atoms with Crippen LogP contribution in [0.4, 0.5) is 0 Å². The molecule has 0 fully saturated rings. The largest absolute Gasteiger partial charge is 0.0836 e. The Kier molecular flexibility index (Phi) is 2.27. The number of rotatable bonds is 0. The van der Waals surface area contributed by atoms with E-state index >= 15 is 0 Å². The molecule has 3 rings (SSSR count). The van der Waals surface area contributed by atoms with Gasteiger partial charge in [-0.05, 0) is 47.2 Å². The van der Waals surface area contributed by atoms with Crippen LogP contribution in [0.3, 0.4) is 0 Å². The van der Waals surface area contributed by atoms with Crippen LogP contribution < -0.4 is 0 Å². The fourth-order valence-corrected chi connectivity index (χ4v) is 2.47. The zero-order valence-electron chi connectivity index (χ0n) is 8.22. The van der Waals surface area contributed by atoms with E-state index in [-0.39, 0.29) is 0 Å². The second-order valence-electron chi connectivity index (χ2n) is 3.60. The first kappa shape index (κ1) is 9.95. The molecule has 0 unspecified atom stereocenters. The fraction of sp³-hybridized carbons (Fsp3) is 0. The van der Waals surface area contributed by atoms with Crippen molar-refractivity contribution in [1.82, 2.24) is 0 Å². The highest BCUT2D eigenvalue weighted by molar-refractivity contribution is 6.42. The Labute approximate surface area is 103 Å². The maximum atomic E-state index is 6.22. The third-order valence-electron chi connectivity index (χ3n) is 2.65. The van der Waals surface area contributed by atoms with Gasteiger partial charge in [-0.3, -0.25) is 0 Å². The van der Waals surface area contributed by atoms with Crippen molar-refractivity contribution in [3.8, 4) is 0 Å². The lowest BCUT2D eigenvalue weighted by atomic mass is 10.0. The molecule has 0 saturated carbocycles. The average Bonchev–Trinajstić information content (AvgIpc) is 2.30. The summed E-state index contributed by atoms with van der Waals surface area (Å²) in [5, 5.41) is 5.44. The number of benzene rings is 3. The second kappa shape index (κ2) is 3.65. The van der Waals surface area contributed by atoms with E-state index in [9.17, 15) is 0 Å². The minimum absolute atomic E-state index is 0.677. The van der Waals surface area contributed by atoms with Crippen LogP contribution in [0.5, 0.6) is 0 Å². The Hall–Kier alpha value is -1.24. The molecule has 76 valence electrons. The minimum Gasteiger partial charge on any atom is -0.0836 e. The lowest BCUT2D eigenvalue weighted by molar-refractivity contribution is 1.74. The molecule has 2 radical (unpaired) electrons. The van der Waals surface area contributed by atoms with Gasteiger partial charge in [0.25, 0.3) is 0 Å².